The summed E-state index contributed by atoms with van der Waals surface area (Å²) in [5.74, 6) is 1.52. The van der Waals surface area contributed by atoms with Crippen LogP contribution < -0.4 is 4.74 Å². The number of nitrogens with one attached hydrogen (secondary N) is 1. The van der Waals surface area contributed by atoms with Crippen LogP contribution in [0.2, 0.25) is 0 Å². The Kier molecular flexibility index (Phi) is 3.52. The quantitative estimate of drug-likeness (QED) is 0.800. The molecule has 6 nitrogen and oxygen atoms in total. The van der Waals surface area contributed by atoms with Crippen LogP contribution in [0.1, 0.15) is 40.8 Å². The van der Waals surface area contributed by atoms with Crippen molar-refractivity contribution >= 4 is 16.8 Å². The highest BCUT2D eigenvalue weighted by molar-refractivity contribution is 5.98. The molecule has 0 saturated carbocycles. The number of ether oxygens (including phenoxy) is 1. The smallest absolute Gasteiger partial charge is 0.270 e. The van der Waals surface area contributed by atoms with Crippen molar-refractivity contribution in [3.05, 3.63) is 47.5 Å². The molecular formula is C18H19N3O3. The third-order valence-electron chi connectivity index (χ3n) is 4.56. The van der Waals surface area contributed by atoms with Gasteiger partial charge in [0.05, 0.1) is 13.2 Å². The lowest BCUT2D eigenvalue weighted by molar-refractivity contribution is 0.0726. The highest BCUT2D eigenvalue weighted by Crippen LogP contribution is 2.33. The molecule has 1 saturated heterocycles. The van der Waals surface area contributed by atoms with Crippen LogP contribution in [0.15, 0.2) is 34.9 Å². The van der Waals surface area contributed by atoms with E-state index in [-0.39, 0.29) is 11.9 Å². The fraction of sp³-hybridized carbons (Fsp3) is 0.333. The summed E-state index contributed by atoms with van der Waals surface area (Å²) in [5.41, 5.74) is 2.31. The van der Waals surface area contributed by atoms with Crippen molar-refractivity contribution < 1.29 is 14.1 Å². The van der Waals surface area contributed by atoms with E-state index in [0.29, 0.717) is 5.69 Å². The minimum absolute atomic E-state index is 0.00619. The van der Waals surface area contributed by atoms with E-state index in [0.717, 1.165) is 47.5 Å². The molecule has 24 heavy (non-hydrogen) atoms. The highest BCUT2D eigenvalue weighted by atomic mass is 16.5. The van der Waals surface area contributed by atoms with Gasteiger partial charge in [0.25, 0.3) is 5.91 Å². The van der Waals surface area contributed by atoms with Crippen LogP contribution in [0.5, 0.6) is 5.75 Å². The second-order valence-corrected chi connectivity index (χ2v) is 6.16. The van der Waals surface area contributed by atoms with Gasteiger partial charge in [-0.05, 0) is 38.0 Å². The first-order valence-corrected chi connectivity index (χ1v) is 8.06. The number of likely N-dealkylation sites (tertiary alicyclic amines) is 1. The lowest BCUT2D eigenvalue weighted by Gasteiger charge is -2.22. The third kappa shape index (κ3) is 2.44. The molecule has 0 unspecified atom stereocenters. The Morgan fingerprint density at radius 2 is 2.25 bits per heavy atom. The minimum Gasteiger partial charge on any atom is -0.497 e. The van der Waals surface area contributed by atoms with Crippen LogP contribution in [0.3, 0.4) is 0 Å². The zero-order valence-electron chi connectivity index (χ0n) is 13.7. The standard InChI is InChI=1S/C18H19N3O3/c1-11-8-15(20-24-11)17-4-3-7-21(17)18(22)16-9-12-5-6-13(23-2)10-14(12)19-16/h5-6,8-10,17,19H,3-4,7H2,1-2H3/t17-/m0/s1. The molecule has 1 fully saturated rings. The SMILES string of the molecule is COc1ccc2cc(C(=O)N3CCC[C@H]3c3cc(C)on3)[nH]c2c1. The Morgan fingerprint density at radius 3 is 3.00 bits per heavy atom. The average Bonchev–Trinajstić information content (AvgIpc) is 3.31. The van der Waals surface area contributed by atoms with Gasteiger partial charge in [-0.1, -0.05) is 5.16 Å². The predicted molar refractivity (Wildman–Crippen MR) is 89.1 cm³/mol. The van der Waals surface area contributed by atoms with Gasteiger partial charge >= 0.3 is 0 Å². The topological polar surface area (TPSA) is 71.4 Å². The van der Waals surface area contributed by atoms with Gasteiger partial charge in [0, 0.05) is 29.6 Å². The number of hydrogen-bond donors (Lipinski definition) is 1. The van der Waals surface area contributed by atoms with E-state index in [1.165, 1.54) is 0 Å². The number of methoxy groups -OCH3 is 1. The predicted octanol–water partition coefficient (Wildman–Crippen LogP) is 3.45. The maximum absolute atomic E-state index is 13.0. The number of nitrogens with zero attached hydrogens (tertiary/aromatic N) is 2. The highest BCUT2D eigenvalue weighted by Gasteiger charge is 2.33. The first kappa shape index (κ1) is 14.8. The molecule has 1 aliphatic heterocycles. The van der Waals surface area contributed by atoms with Gasteiger partial charge in [-0.25, -0.2) is 0 Å². The largest absolute Gasteiger partial charge is 0.497 e. The number of aromatic nitrogens is 2. The second kappa shape index (κ2) is 5.70. The number of hydrogen-bond acceptors (Lipinski definition) is 4. The molecule has 1 N–H and O–H groups in total. The Balaban J connectivity index is 1.65. The summed E-state index contributed by atoms with van der Waals surface area (Å²) in [6.07, 6.45) is 1.88. The summed E-state index contributed by atoms with van der Waals surface area (Å²) in [6.45, 7) is 2.59. The first-order chi connectivity index (χ1) is 11.7. The van der Waals surface area contributed by atoms with Gasteiger partial charge in [-0.3, -0.25) is 4.79 Å². The number of carbonyl (C=O) groups is 1. The Labute approximate surface area is 139 Å². The van der Waals surface area contributed by atoms with E-state index in [2.05, 4.69) is 10.1 Å². The van der Waals surface area contributed by atoms with Crippen molar-refractivity contribution in [2.45, 2.75) is 25.8 Å². The number of fused-ring (bicyclic) bond motifs is 1. The Morgan fingerprint density at radius 1 is 1.38 bits per heavy atom. The van der Waals surface area contributed by atoms with Crippen molar-refractivity contribution in [3.8, 4) is 5.75 Å². The second-order valence-electron chi connectivity index (χ2n) is 6.16. The molecular weight excluding hydrogens is 306 g/mol. The fourth-order valence-electron chi connectivity index (χ4n) is 3.36. The molecule has 0 spiro atoms. The van der Waals surface area contributed by atoms with Crippen molar-refractivity contribution in [2.75, 3.05) is 13.7 Å². The lowest BCUT2D eigenvalue weighted by atomic mass is 10.1. The van der Waals surface area contributed by atoms with Gasteiger partial charge in [-0.2, -0.15) is 0 Å². The number of aryl methyl sites for hydroxylation is 1. The summed E-state index contributed by atoms with van der Waals surface area (Å²) in [5, 5.41) is 5.09. The van der Waals surface area contributed by atoms with E-state index in [9.17, 15) is 4.79 Å². The lowest BCUT2D eigenvalue weighted by Crippen LogP contribution is -2.30. The number of carbonyl (C=O) groups excluding carboxylic acids is 1. The van der Waals surface area contributed by atoms with Crippen LogP contribution in [-0.4, -0.2) is 34.6 Å². The van der Waals surface area contributed by atoms with E-state index < -0.39 is 0 Å². The van der Waals surface area contributed by atoms with E-state index in [4.69, 9.17) is 9.26 Å². The molecule has 2 aromatic heterocycles. The van der Waals surface area contributed by atoms with Crippen LogP contribution in [0.4, 0.5) is 0 Å². The molecule has 0 bridgehead atoms. The van der Waals surface area contributed by atoms with Gasteiger partial charge < -0.3 is 19.1 Å². The van der Waals surface area contributed by atoms with E-state index in [1.807, 2.05) is 42.2 Å². The maximum atomic E-state index is 13.0. The molecule has 4 rings (SSSR count). The van der Waals surface area contributed by atoms with Gasteiger partial charge in [0.15, 0.2) is 0 Å². The molecule has 0 radical (unpaired) electrons. The van der Waals surface area contributed by atoms with Crippen LogP contribution >= 0.6 is 0 Å². The Hall–Kier alpha value is -2.76. The molecule has 0 aliphatic carbocycles. The molecule has 3 aromatic rings. The molecule has 1 atom stereocenters. The summed E-state index contributed by atoms with van der Waals surface area (Å²) >= 11 is 0. The average molecular weight is 325 g/mol. The minimum atomic E-state index is -0.0177. The third-order valence-corrected chi connectivity index (χ3v) is 4.56. The number of amides is 1. The van der Waals surface area contributed by atoms with Crippen molar-refractivity contribution in [1.29, 1.82) is 0 Å². The number of rotatable bonds is 3. The summed E-state index contributed by atoms with van der Waals surface area (Å²) < 4.78 is 10.4. The van der Waals surface area contributed by atoms with Crippen LogP contribution in [0, 0.1) is 6.92 Å². The summed E-state index contributed by atoms with van der Waals surface area (Å²) in [4.78, 5) is 18.0. The molecule has 124 valence electrons. The normalized spacial score (nSPS) is 17.6. The zero-order chi connectivity index (χ0) is 16.7. The molecule has 6 heteroatoms. The van der Waals surface area contributed by atoms with Gasteiger partial charge in [0.2, 0.25) is 0 Å². The summed E-state index contributed by atoms with van der Waals surface area (Å²) in [6, 6.07) is 9.52. The van der Waals surface area contributed by atoms with Crippen molar-refractivity contribution in [1.82, 2.24) is 15.0 Å². The van der Waals surface area contributed by atoms with E-state index in [1.54, 1.807) is 7.11 Å². The molecule has 1 amide bonds. The number of H-pyrrole nitrogens is 1. The van der Waals surface area contributed by atoms with Crippen LogP contribution in [-0.2, 0) is 0 Å². The molecule has 1 aliphatic rings. The van der Waals surface area contributed by atoms with Gasteiger partial charge in [-0.15, -0.1) is 0 Å². The molecule has 3 heterocycles. The molecule has 1 aromatic carbocycles. The monoisotopic (exact) mass is 325 g/mol. The Bertz CT molecular complexity index is 896. The zero-order valence-corrected chi connectivity index (χ0v) is 13.7. The van der Waals surface area contributed by atoms with Crippen LogP contribution in [0.25, 0.3) is 10.9 Å². The number of aromatic amines is 1. The maximum Gasteiger partial charge on any atom is 0.270 e. The van der Waals surface area contributed by atoms with Gasteiger partial charge in [0.1, 0.15) is 22.9 Å². The first-order valence-electron chi connectivity index (χ1n) is 8.06. The van der Waals surface area contributed by atoms with Crippen molar-refractivity contribution in [3.63, 3.8) is 0 Å². The van der Waals surface area contributed by atoms with E-state index >= 15 is 0 Å². The fourth-order valence-corrected chi connectivity index (χ4v) is 3.36. The summed E-state index contributed by atoms with van der Waals surface area (Å²) in [7, 11) is 1.63. The number of benzene rings is 1. The van der Waals surface area contributed by atoms with Crippen molar-refractivity contribution in [2.24, 2.45) is 0 Å².